The van der Waals surface area contributed by atoms with Crippen molar-refractivity contribution >= 4 is 50.3 Å². The number of hydrogen-bond acceptors (Lipinski definition) is 5. The van der Waals surface area contributed by atoms with Gasteiger partial charge in [0.2, 0.25) is 10.0 Å². The van der Waals surface area contributed by atoms with E-state index in [9.17, 15) is 12.8 Å². The number of thiocarbonyl (C=S) groups is 1. The number of halogens is 2. The molecule has 0 aliphatic carbocycles. The average Bonchev–Trinajstić information content (AvgIpc) is 3.50. The van der Waals surface area contributed by atoms with Gasteiger partial charge in [0, 0.05) is 35.5 Å². The molecule has 4 aromatic rings. The van der Waals surface area contributed by atoms with Gasteiger partial charge in [-0.15, -0.1) is 0 Å². The Hall–Kier alpha value is -3.67. The van der Waals surface area contributed by atoms with Crippen LogP contribution in [0.2, 0.25) is 5.02 Å². The summed E-state index contributed by atoms with van der Waals surface area (Å²) in [5.74, 6) is -0.174. The summed E-state index contributed by atoms with van der Waals surface area (Å²) < 4.78 is 47.5. The molecule has 5 rings (SSSR count). The Bertz CT molecular complexity index is 1610. The third-order valence-electron chi connectivity index (χ3n) is 6.12. The molecule has 0 saturated carbocycles. The first-order chi connectivity index (χ1) is 18.2. The van der Waals surface area contributed by atoms with Crippen molar-refractivity contribution in [1.29, 1.82) is 0 Å². The summed E-state index contributed by atoms with van der Waals surface area (Å²) in [6.07, 6.45) is 4.66. The number of nitrogens with zero attached hydrogens (tertiary/aromatic N) is 3. The van der Waals surface area contributed by atoms with Crippen LogP contribution < -0.4 is 19.7 Å². The number of aromatic nitrogens is 2. The Kier molecular flexibility index (Phi) is 6.99. The molecule has 38 heavy (non-hydrogen) atoms. The molecule has 0 bridgehead atoms. The molecule has 8 nitrogen and oxygen atoms in total. The Morgan fingerprint density at radius 2 is 1.89 bits per heavy atom. The Labute approximate surface area is 230 Å². The van der Waals surface area contributed by atoms with Crippen LogP contribution in [0.25, 0.3) is 5.69 Å². The lowest BCUT2D eigenvalue weighted by atomic mass is 10.0. The van der Waals surface area contributed by atoms with E-state index in [1.165, 1.54) is 13.2 Å². The fourth-order valence-electron chi connectivity index (χ4n) is 4.55. The van der Waals surface area contributed by atoms with Crippen LogP contribution in [0.1, 0.15) is 23.5 Å². The normalized spacial score (nSPS) is 17.4. The zero-order valence-corrected chi connectivity index (χ0v) is 22.7. The Morgan fingerprint density at radius 1 is 1.11 bits per heavy atom. The summed E-state index contributed by atoms with van der Waals surface area (Å²) in [7, 11) is -2.05. The van der Waals surface area contributed by atoms with Crippen molar-refractivity contribution in [1.82, 2.24) is 14.9 Å². The lowest BCUT2D eigenvalue weighted by Gasteiger charge is -2.29. The quantitative estimate of drug-likeness (QED) is 0.294. The first kappa shape index (κ1) is 26.0. The Morgan fingerprint density at radius 3 is 2.58 bits per heavy atom. The molecule has 2 aromatic heterocycles. The number of nitrogens with one attached hydrogen (secondary N) is 2. The van der Waals surface area contributed by atoms with Gasteiger partial charge in [-0.25, -0.2) is 12.8 Å². The number of methoxy groups -OCH3 is 1. The highest BCUT2D eigenvalue weighted by Crippen LogP contribution is 2.44. The van der Waals surface area contributed by atoms with Gasteiger partial charge in [-0.1, -0.05) is 17.7 Å². The molecule has 0 amide bonds. The summed E-state index contributed by atoms with van der Waals surface area (Å²) in [4.78, 5) is 6.50. The van der Waals surface area contributed by atoms with Crippen LogP contribution in [0, 0.1) is 5.82 Å². The molecule has 2 aromatic carbocycles. The number of pyridine rings is 1. The number of hydrogen-bond donors (Lipinski definition) is 2. The van der Waals surface area contributed by atoms with Gasteiger partial charge in [-0.3, -0.25) is 9.71 Å². The lowest BCUT2D eigenvalue weighted by Crippen LogP contribution is -2.30. The molecule has 0 radical (unpaired) electrons. The van der Waals surface area contributed by atoms with E-state index in [0.29, 0.717) is 27.9 Å². The van der Waals surface area contributed by atoms with Gasteiger partial charge in [0.15, 0.2) is 5.11 Å². The molecule has 0 unspecified atom stereocenters. The maximum Gasteiger partial charge on any atom is 0.229 e. The fourth-order valence-corrected chi connectivity index (χ4v) is 5.64. The largest absolute Gasteiger partial charge is 0.494 e. The second-order valence-corrected chi connectivity index (χ2v) is 11.2. The zero-order valence-electron chi connectivity index (χ0n) is 20.3. The molecule has 1 saturated heterocycles. The van der Waals surface area contributed by atoms with Gasteiger partial charge in [0.25, 0.3) is 0 Å². The van der Waals surface area contributed by atoms with E-state index in [0.717, 1.165) is 17.6 Å². The van der Waals surface area contributed by atoms with Crippen LogP contribution >= 0.6 is 23.8 Å². The Balaban J connectivity index is 1.65. The summed E-state index contributed by atoms with van der Waals surface area (Å²) in [5, 5.41) is 3.85. The SMILES string of the molecule is COc1cc(N2C(=S)N[C@H](c3ccccn3)[C@@H]2c2cccn2-c2ccc(F)c(Cl)c2)ccc1NS(C)(=O)=O. The maximum absolute atomic E-state index is 13.9. The van der Waals surface area contributed by atoms with Crippen molar-refractivity contribution in [2.45, 2.75) is 12.1 Å². The van der Waals surface area contributed by atoms with Gasteiger partial charge in [-0.05, 0) is 66.8 Å². The van der Waals surface area contributed by atoms with Crippen LogP contribution in [-0.2, 0) is 10.0 Å². The van der Waals surface area contributed by atoms with Crippen molar-refractivity contribution in [2.24, 2.45) is 0 Å². The van der Waals surface area contributed by atoms with Crippen LogP contribution in [0.3, 0.4) is 0 Å². The maximum atomic E-state index is 13.9. The minimum atomic E-state index is -3.52. The van der Waals surface area contributed by atoms with E-state index >= 15 is 0 Å². The third kappa shape index (κ3) is 5.04. The van der Waals surface area contributed by atoms with Crippen LogP contribution in [-0.4, -0.2) is 36.4 Å². The molecule has 1 fully saturated rings. The summed E-state index contributed by atoms with van der Waals surface area (Å²) in [5.41, 5.74) is 3.27. The van der Waals surface area contributed by atoms with E-state index in [-0.39, 0.29) is 11.1 Å². The van der Waals surface area contributed by atoms with Gasteiger partial charge < -0.3 is 19.5 Å². The predicted octanol–water partition coefficient (Wildman–Crippen LogP) is 5.22. The number of anilines is 2. The highest BCUT2D eigenvalue weighted by molar-refractivity contribution is 7.92. The minimum absolute atomic E-state index is 0.0130. The topological polar surface area (TPSA) is 88.5 Å². The monoisotopic (exact) mass is 571 g/mol. The van der Waals surface area contributed by atoms with Gasteiger partial charge in [0.05, 0.1) is 35.8 Å². The van der Waals surface area contributed by atoms with E-state index in [1.54, 1.807) is 36.5 Å². The highest BCUT2D eigenvalue weighted by atomic mass is 35.5. The van der Waals surface area contributed by atoms with Crippen molar-refractivity contribution < 1.29 is 17.5 Å². The number of ether oxygens (including phenoxy) is 1. The van der Waals surface area contributed by atoms with Crippen LogP contribution in [0.4, 0.5) is 15.8 Å². The number of rotatable bonds is 7. The molecular weight excluding hydrogens is 549 g/mol. The van der Waals surface area contributed by atoms with Crippen molar-refractivity contribution in [3.63, 3.8) is 0 Å². The number of benzene rings is 2. The molecule has 3 heterocycles. The summed E-state index contributed by atoms with van der Waals surface area (Å²) >= 11 is 11.9. The summed E-state index contributed by atoms with van der Waals surface area (Å²) in [6, 6.07) is 18.4. The van der Waals surface area contributed by atoms with Gasteiger partial charge in [-0.2, -0.15) is 0 Å². The first-order valence-electron chi connectivity index (χ1n) is 11.5. The minimum Gasteiger partial charge on any atom is -0.494 e. The lowest BCUT2D eigenvalue weighted by molar-refractivity contribution is 0.417. The molecular formula is C26H23ClFN5O3S2. The number of sulfonamides is 1. The van der Waals surface area contributed by atoms with Gasteiger partial charge >= 0.3 is 0 Å². The van der Waals surface area contributed by atoms with Crippen molar-refractivity contribution in [2.75, 3.05) is 23.0 Å². The average molecular weight is 572 g/mol. The zero-order chi connectivity index (χ0) is 27.0. The molecule has 1 aliphatic heterocycles. The van der Waals surface area contributed by atoms with Crippen molar-refractivity contribution in [3.05, 3.63) is 101 Å². The van der Waals surface area contributed by atoms with E-state index < -0.39 is 21.9 Å². The molecule has 1 aliphatic rings. The molecule has 0 spiro atoms. The van der Waals surface area contributed by atoms with Crippen LogP contribution in [0.5, 0.6) is 5.75 Å². The van der Waals surface area contributed by atoms with Gasteiger partial charge in [0.1, 0.15) is 17.6 Å². The first-order valence-corrected chi connectivity index (χ1v) is 14.1. The van der Waals surface area contributed by atoms with Crippen molar-refractivity contribution in [3.8, 4) is 11.4 Å². The smallest absolute Gasteiger partial charge is 0.229 e. The molecule has 2 atom stereocenters. The molecule has 12 heteroatoms. The molecule has 196 valence electrons. The van der Waals surface area contributed by atoms with E-state index in [4.69, 9.17) is 28.6 Å². The fraction of sp³-hybridized carbons (Fsp3) is 0.154. The second-order valence-electron chi connectivity index (χ2n) is 8.66. The predicted molar refractivity (Wildman–Crippen MR) is 150 cm³/mol. The standard InChI is InChI=1S/C26H23ClFN5O3S2/c1-36-23-15-17(9-11-20(23)31-38(2,34)35)33-25(24(30-26(33)37)21-6-3-4-12-29-21)22-7-5-13-32(22)16-8-10-19(28)18(27)14-16/h3-15,24-25,31H,1-2H3,(H,30,37)/t24-,25+/m1/s1. The highest BCUT2D eigenvalue weighted by Gasteiger charge is 2.42. The van der Waals surface area contributed by atoms with E-state index in [2.05, 4.69) is 15.0 Å². The second kappa shape index (κ2) is 10.2. The summed E-state index contributed by atoms with van der Waals surface area (Å²) in [6.45, 7) is 0. The van der Waals surface area contributed by atoms with Crippen LogP contribution in [0.15, 0.2) is 79.1 Å². The van der Waals surface area contributed by atoms with E-state index in [1.807, 2.05) is 46.0 Å². The third-order valence-corrected chi connectivity index (χ3v) is 7.32. The molecule has 2 N–H and O–H groups in total.